The number of rotatable bonds is 7. The van der Waals surface area contributed by atoms with Gasteiger partial charge in [-0.05, 0) is 12.8 Å². The molecule has 1 unspecified atom stereocenters. The maximum absolute atomic E-state index is 10.9. The lowest BCUT2D eigenvalue weighted by molar-refractivity contribution is -0.128. The molecule has 0 aromatic carbocycles. The maximum Gasteiger partial charge on any atom is 0.219 e. The number of hydrogen-bond donors (Lipinski definition) is 0. The monoisotopic (exact) mass is 201 g/mol. The van der Waals surface area contributed by atoms with E-state index in [9.17, 15) is 4.79 Å². The molecule has 0 bridgehead atoms. The van der Waals surface area contributed by atoms with Crippen molar-refractivity contribution in [3.63, 3.8) is 0 Å². The molecule has 0 aliphatic carbocycles. The highest BCUT2D eigenvalue weighted by Crippen LogP contribution is 2.05. The molecule has 0 N–H and O–H groups in total. The Morgan fingerprint density at radius 3 is 2.50 bits per heavy atom. The molecule has 0 rings (SSSR count). The highest BCUT2D eigenvalue weighted by atomic mass is 16.5. The van der Waals surface area contributed by atoms with E-state index in [1.807, 2.05) is 0 Å². The van der Waals surface area contributed by atoms with E-state index in [0.717, 1.165) is 19.3 Å². The van der Waals surface area contributed by atoms with Crippen LogP contribution in [0.25, 0.3) is 0 Å². The first-order chi connectivity index (χ1) is 6.61. The van der Waals surface area contributed by atoms with Crippen molar-refractivity contribution in [2.24, 2.45) is 0 Å². The van der Waals surface area contributed by atoms with Gasteiger partial charge < -0.3 is 9.64 Å². The number of ether oxygens (including phenoxy) is 1. The third-order valence-corrected chi connectivity index (χ3v) is 2.38. The van der Waals surface area contributed by atoms with Crippen LogP contribution in [0.15, 0.2) is 0 Å². The van der Waals surface area contributed by atoms with Gasteiger partial charge in [-0.15, -0.1) is 0 Å². The van der Waals surface area contributed by atoms with E-state index >= 15 is 0 Å². The van der Waals surface area contributed by atoms with Gasteiger partial charge in [0.1, 0.15) is 0 Å². The Balaban J connectivity index is 3.55. The Hall–Kier alpha value is -0.570. The first kappa shape index (κ1) is 13.4. The van der Waals surface area contributed by atoms with Crippen molar-refractivity contribution in [2.45, 2.75) is 46.1 Å². The molecule has 0 aliphatic heterocycles. The summed E-state index contributed by atoms with van der Waals surface area (Å²) in [6.07, 6.45) is 3.68. The fourth-order valence-corrected chi connectivity index (χ4v) is 1.24. The molecule has 0 radical (unpaired) electrons. The molecule has 84 valence electrons. The smallest absolute Gasteiger partial charge is 0.219 e. The van der Waals surface area contributed by atoms with Gasteiger partial charge in [0, 0.05) is 20.5 Å². The average molecular weight is 201 g/mol. The summed E-state index contributed by atoms with van der Waals surface area (Å²) in [4.78, 5) is 12.6. The number of nitrogens with zero attached hydrogens (tertiary/aromatic N) is 1. The number of amides is 1. The lowest BCUT2D eigenvalue weighted by Gasteiger charge is -2.19. The van der Waals surface area contributed by atoms with E-state index in [4.69, 9.17) is 4.74 Å². The minimum atomic E-state index is 0.0946. The van der Waals surface area contributed by atoms with Gasteiger partial charge in [0.15, 0.2) is 0 Å². The van der Waals surface area contributed by atoms with Crippen molar-refractivity contribution >= 4 is 5.91 Å². The van der Waals surface area contributed by atoms with Crippen LogP contribution in [0, 0.1) is 0 Å². The Morgan fingerprint density at radius 2 is 2.07 bits per heavy atom. The number of hydrogen-bond acceptors (Lipinski definition) is 2. The summed E-state index contributed by atoms with van der Waals surface area (Å²) < 4.78 is 5.66. The summed E-state index contributed by atoms with van der Waals surface area (Å²) in [5, 5.41) is 0. The van der Waals surface area contributed by atoms with Gasteiger partial charge in [-0.25, -0.2) is 0 Å². The summed E-state index contributed by atoms with van der Waals surface area (Å²) in [7, 11) is 1.80. The van der Waals surface area contributed by atoms with Crippen LogP contribution < -0.4 is 0 Å². The molecule has 0 spiro atoms. The molecular formula is C11H23NO2. The van der Waals surface area contributed by atoms with E-state index in [1.165, 1.54) is 0 Å². The van der Waals surface area contributed by atoms with Crippen molar-refractivity contribution < 1.29 is 9.53 Å². The van der Waals surface area contributed by atoms with Crippen LogP contribution in [0.2, 0.25) is 0 Å². The van der Waals surface area contributed by atoms with Gasteiger partial charge in [0.05, 0.1) is 12.7 Å². The SMILES string of the molecule is CCCC(CC)OCCN(C)C(C)=O. The molecule has 0 saturated carbocycles. The predicted molar refractivity (Wildman–Crippen MR) is 58.3 cm³/mol. The standard InChI is InChI=1S/C11H23NO2/c1-5-7-11(6-2)14-9-8-12(4)10(3)13/h11H,5-9H2,1-4H3. The van der Waals surface area contributed by atoms with Gasteiger partial charge in [-0.1, -0.05) is 20.3 Å². The maximum atomic E-state index is 10.9. The third kappa shape index (κ3) is 5.97. The molecule has 0 heterocycles. The molecule has 0 aromatic heterocycles. The van der Waals surface area contributed by atoms with Crippen molar-refractivity contribution in [3.8, 4) is 0 Å². The molecule has 1 atom stereocenters. The summed E-state index contributed by atoms with van der Waals surface area (Å²) in [6, 6.07) is 0. The average Bonchev–Trinajstić information content (AvgIpc) is 2.16. The second kappa shape index (κ2) is 7.80. The van der Waals surface area contributed by atoms with Crippen molar-refractivity contribution in [2.75, 3.05) is 20.2 Å². The second-order valence-corrected chi connectivity index (χ2v) is 3.63. The molecule has 0 aromatic rings. The minimum absolute atomic E-state index is 0.0946. The zero-order valence-electron chi connectivity index (χ0n) is 9.88. The largest absolute Gasteiger partial charge is 0.376 e. The molecule has 1 amide bonds. The van der Waals surface area contributed by atoms with Crippen LogP contribution in [0.4, 0.5) is 0 Å². The zero-order chi connectivity index (χ0) is 11.0. The fraction of sp³-hybridized carbons (Fsp3) is 0.909. The van der Waals surface area contributed by atoms with Gasteiger partial charge in [0.2, 0.25) is 5.91 Å². The van der Waals surface area contributed by atoms with Gasteiger partial charge >= 0.3 is 0 Å². The quantitative estimate of drug-likeness (QED) is 0.631. The van der Waals surface area contributed by atoms with Crippen molar-refractivity contribution in [1.29, 1.82) is 0 Å². The summed E-state index contributed by atoms with van der Waals surface area (Å²) in [5.74, 6) is 0.0946. The topological polar surface area (TPSA) is 29.5 Å². The van der Waals surface area contributed by atoms with E-state index in [2.05, 4.69) is 13.8 Å². The van der Waals surface area contributed by atoms with Crippen molar-refractivity contribution in [3.05, 3.63) is 0 Å². The number of carbonyl (C=O) groups excluding carboxylic acids is 1. The van der Waals surface area contributed by atoms with Gasteiger partial charge in [-0.2, -0.15) is 0 Å². The molecule has 0 saturated heterocycles. The second-order valence-electron chi connectivity index (χ2n) is 3.63. The van der Waals surface area contributed by atoms with E-state index in [-0.39, 0.29) is 5.91 Å². The Labute approximate surface area is 87.4 Å². The van der Waals surface area contributed by atoms with Crippen LogP contribution >= 0.6 is 0 Å². The highest BCUT2D eigenvalue weighted by Gasteiger charge is 2.06. The molecule has 3 nitrogen and oxygen atoms in total. The Bertz CT molecular complexity index is 159. The summed E-state index contributed by atoms with van der Waals surface area (Å²) in [6.45, 7) is 7.20. The first-order valence-electron chi connectivity index (χ1n) is 5.45. The molecular weight excluding hydrogens is 178 g/mol. The normalized spacial score (nSPS) is 12.6. The summed E-state index contributed by atoms with van der Waals surface area (Å²) in [5.41, 5.74) is 0. The van der Waals surface area contributed by atoms with E-state index < -0.39 is 0 Å². The highest BCUT2D eigenvalue weighted by molar-refractivity contribution is 5.72. The fourth-order valence-electron chi connectivity index (χ4n) is 1.24. The molecule has 14 heavy (non-hydrogen) atoms. The van der Waals surface area contributed by atoms with Crippen LogP contribution in [0.5, 0.6) is 0 Å². The Morgan fingerprint density at radius 1 is 1.43 bits per heavy atom. The number of likely N-dealkylation sites (N-methyl/N-ethyl adjacent to an activating group) is 1. The van der Waals surface area contributed by atoms with Gasteiger partial charge in [-0.3, -0.25) is 4.79 Å². The summed E-state index contributed by atoms with van der Waals surface area (Å²) >= 11 is 0. The molecule has 3 heteroatoms. The van der Waals surface area contributed by atoms with E-state index in [0.29, 0.717) is 19.3 Å². The van der Waals surface area contributed by atoms with Crippen LogP contribution in [-0.2, 0) is 9.53 Å². The molecule has 0 fully saturated rings. The lowest BCUT2D eigenvalue weighted by atomic mass is 10.2. The first-order valence-corrected chi connectivity index (χ1v) is 5.45. The Kier molecular flexibility index (Phi) is 7.48. The van der Waals surface area contributed by atoms with Crippen LogP contribution in [0.1, 0.15) is 40.0 Å². The number of carbonyl (C=O) groups is 1. The van der Waals surface area contributed by atoms with E-state index in [1.54, 1.807) is 18.9 Å². The van der Waals surface area contributed by atoms with Crippen LogP contribution in [0.3, 0.4) is 0 Å². The van der Waals surface area contributed by atoms with Crippen molar-refractivity contribution in [1.82, 2.24) is 4.90 Å². The zero-order valence-corrected chi connectivity index (χ0v) is 9.88. The molecule has 0 aliphatic rings. The van der Waals surface area contributed by atoms with Gasteiger partial charge in [0.25, 0.3) is 0 Å². The third-order valence-electron chi connectivity index (χ3n) is 2.38. The predicted octanol–water partition coefficient (Wildman–Crippen LogP) is 2.06. The minimum Gasteiger partial charge on any atom is -0.376 e. The lowest BCUT2D eigenvalue weighted by Crippen LogP contribution is -2.29. The van der Waals surface area contributed by atoms with Crippen LogP contribution in [-0.4, -0.2) is 37.1 Å².